The maximum atomic E-state index is 12.5. The Balaban J connectivity index is 2.18. The summed E-state index contributed by atoms with van der Waals surface area (Å²) in [5.41, 5.74) is 2.24. The quantitative estimate of drug-likeness (QED) is 0.841. The second kappa shape index (κ2) is 7.88. The average Bonchev–Trinajstić information content (AvgIpc) is 2.56. The van der Waals surface area contributed by atoms with Crippen LogP contribution in [0.2, 0.25) is 0 Å². The second-order valence-electron chi connectivity index (χ2n) is 6.33. The molecule has 0 spiro atoms. The number of carbonyl (C=O) groups excluding carboxylic acids is 1. The Hall–Kier alpha value is -2.38. The predicted molar refractivity (Wildman–Crippen MR) is 102 cm³/mol. The molecule has 0 bridgehead atoms. The summed E-state index contributed by atoms with van der Waals surface area (Å²) in [5, 5.41) is 2.75. The molecule has 1 atom stereocenters. The molecular weight excluding hydrogens is 352 g/mol. The van der Waals surface area contributed by atoms with Crippen LogP contribution in [-0.2, 0) is 14.8 Å². The highest BCUT2D eigenvalue weighted by atomic mass is 32.2. The van der Waals surface area contributed by atoms with Crippen molar-refractivity contribution in [2.24, 2.45) is 0 Å². The van der Waals surface area contributed by atoms with Crippen LogP contribution in [0.5, 0.6) is 5.75 Å². The summed E-state index contributed by atoms with van der Waals surface area (Å²) >= 11 is 0. The van der Waals surface area contributed by atoms with E-state index in [-0.39, 0.29) is 10.8 Å². The lowest BCUT2D eigenvalue weighted by atomic mass is 10.2. The minimum atomic E-state index is -3.57. The summed E-state index contributed by atoms with van der Waals surface area (Å²) in [7, 11) is -0.648. The van der Waals surface area contributed by atoms with Crippen LogP contribution in [0.15, 0.2) is 47.4 Å². The van der Waals surface area contributed by atoms with Gasteiger partial charge in [0.2, 0.25) is 10.0 Å². The minimum absolute atomic E-state index is 0.121. The molecule has 2 rings (SSSR count). The van der Waals surface area contributed by atoms with Crippen LogP contribution in [0.3, 0.4) is 0 Å². The maximum Gasteiger partial charge on any atom is 0.265 e. The largest absolute Gasteiger partial charge is 0.481 e. The molecule has 1 amide bonds. The van der Waals surface area contributed by atoms with Crippen LogP contribution in [0.25, 0.3) is 0 Å². The van der Waals surface area contributed by atoms with Crippen LogP contribution in [0.1, 0.15) is 18.1 Å². The number of sulfonamides is 1. The smallest absolute Gasteiger partial charge is 0.265 e. The fourth-order valence-electron chi connectivity index (χ4n) is 2.29. The summed E-state index contributed by atoms with van der Waals surface area (Å²) in [6.07, 6.45) is -0.731. The van der Waals surface area contributed by atoms with Gasteiger partial charge in [-0.25, -0.2) is 12.7 Å². The van der Waals surface area contributed by atoms with Crippen molar-refractivity contribution in [3.8, 4) is 5.75 Å². The van der Waals surface area contributed by atoms with Crippen molar-refractivity contribution < 1.29 is 17.9 Å². The fourth-order valence-corrected chi connectivity index (χ4v) is 3.22. The lowest BCUT2D eigenvalue weighted by molar-refractivity contribution is -0.122. The number of amides is 1. The molecule has 0 aromatic heterocycles. The van der Waals surface area contributed by atoms with Crippen molar-refractivity contribution in [3.05, 3.63) is 53.6 Å². The van der Waals surface area contributed by atoms with Gasteiger partial charge in [0.1, 0.15) is 5.75 Å². The summed E-state index contributed by atoms with van der Waals surface area (Å²) in [6, 6.07) is 12.1. The summed E-state index contributed by atoms with van der Waals surface area (Å²) in [4.78, 5) is 12.6. The van der Waals surface area contributed by atoms with E-state index in [4.69, 9.17) is 4.74 Å². The number of rotatable bonds is 6. The Morgan fingerprint density at radius 1 is 1.12 bits per heavy atom. The second-order valence-corrected chi connectivity index (χ2v) is 8.48. The van der Waals surface area contributed by atoms with Crippen LogP contribution in [-0.4, -0.2) is 38.8 Å². The molecule has 0 fully saturated rings. The van der Waals surface area contributed by atoms with Gasteiger partial charge in [0.15, 0.2) is 6.10 Å². The monoisotopic (exact) mass is 376 g/mol. The molecular formula is C19H24N2O4S. The van der Waals surface area contributed by atoms with Gasteiger partial charge < -0.3 is 10.1 Å². The van der Waals surface area contributed by atoms with E-state index in [1.54, 1.807) is 26.0 Å². The van der Waals surface area contributed by atoms with Gasteiger partial charge in [-0.1, -0.05) is 18.2 Å². The van der Waals surface area contributed by atoms with Gasteiger partial charge in [0.05, 0.1) is 4.90 Å². The SMILES string of the molecule is Cc1cccc(O[C@@H](C)C(=O)Nc2cc(S(=O)(=O)N(C)C)ccc2C)c1. The predicted octanol–water partition coefficient (Wildman–Crippen LogP) is 2.96. The molecule has 2 aromatic rings. The zero-order valence-corrected chi connectivity index (χ0v) is 16.4. The van der Waals surface area contributed by atoms with Crippen molar-refractivity contribution in [2.75, 3.05) is 19.4 Å². The normalized spacial score (nSPS) is 12.7. The van der Waals surface area contributed by atoms with Gasteiger partial charge in [-0.2, -0.15) is 0 Å². The van der Waals surface area contributed by atoms with E-state index in [2.05, 4.69) is 5.32 Å². The van der Waals surface area contributed by atoms with E-state index >= 15 is 0 Å². The maximum absolute atomic E-state index is 12.5. The Labute approximate surface area is 154 Å². The number of nitrogens with zero attached hydrogens (tertiary/aromatic N) is 1. The fraction of sp³-hybridized carbons (Fsp3) is 0.316. The molecule has 0 heterocycles. The van der Waals surface area contributed by atoms with E-state index in [9.17, 15) is 13.2 Å². The molecule has 140 valence electrons. The molecule has 26 heavy (non-hydrogen) atoms. The van der Waals surface area contributed by atoms with Crippen molar-refractivity contribution in [1.29, 1.82) is 0 Å². The number of anilines is 1. The zero-order chi connectivity index (χ0) is 19.5. The van der Waals surface area contributed by atoms with Crippen LogP contribution < -0.4 is 10.1 Å². The van der Waals surface area contributed by atoms with Gasteiger partial charge in [-0.05, 0) is 56.2 Å². The first-order valence-electron chi connectivity index (χ1n) is 8.18. The molecule has 2 aromatic carbocycles. The summed E-state index contributed by atoms with van der Waals surface area (Å²) < 4.78 is 31.4. The van der Waals surface area contributed by atoms with Crippen LogP contribution >= 0.6 is 0 Å². The minimum Gasteiger partial charge on any atom is -0.481 e. The van der Waals surface area contributed by atoms with Crippen molar-refractivity contribution in [3.63, 3.8) is 0 Å². The zero-order valence-electron chi connectivity index (χ0n) is 15.6. The Morgan fingerprint density at radius 3 is 2.42 bits per heavy atom. The average molecular weight is 376 g/mol. The number of benzene rings is 2. The topological polar surface area (TPSA) is 75.7 Å². The Kier molecular flexibility index (Phi) is 6.05. The van der Waals surface area contributed by atoms with Gasteiger partial charge >= 0.3 is 0 Å². The summed E-state index contributed by atoms with van der Waals surface area (Å²) in [6.45, 7) is 5.39. The standard InChI is InChI=1S/C19H24N2O4S/c1-13-7-6-8-16(11-13)25-15(3)19(22)20-18-12-17(10-9-14(18)2)26(23,24)21(4)5/h6-12,15H,1-5H3,(H,20,22)/t15-/m0/s1. The molecule has 0 radical (unpaired) electrons. The molecule has 0 aliphatic rings. The molecule has 0 saturated heterocycles. The highest BCUT2D eigenvalue weighted by molar-refractivity contribution is 7.89. The molecule has 0 aliphatic carbocycles. The van der Waals surface area contributed by atoms with Crippen LogP contribution in [0, 0.1) is 13.8 Å². The van der Waals surface area contributed by atoms with Gasteiger partial charge in [0, 0.05) is 19.8 Å². The van der Waals surface area contributed by atoms with Gasteiger partial charge in [-0.15, -0.1) is 0 Å². The van der Waals surface area contributed by atoms with Crippen molar-refractivity contribution in [2.45, 2.75) is 31.8 Å². The summed E-state index contributed by atoms with van der Waals surface area (Å²) in [5.74, 6) is 0.252. The molecule has 0 saturated carbocycles. The number of ether oxygens (including phenoxy) is 1. The molecule has 0 unspecified atom stereocenters. The molecule has 1 N–H and O–H groups in total. The van der Waals surface area contributed by atoms with Crippen LogP contribution in [0.4, 0.5) is 5.69 Å². The van der Waals surface area contributed by atoms with E-state index < -0.39 is 16.1 Å². The highest BCUT2D eigenvalue weighted by Gasteiger charge is 2.20. The number of carbonyl (C=O) groups is 1. The molecule has 0 aliphatic heterocycles. The van der Waals surface area contributed by atoms with E-state index in [0.29, 0.717) is 11.4 Å². The first kappa shape index (κ1) is 19.9. The van der Waals surface area contributed by atoms with Crippen molar-refractivity contribution in [1.82, 2.24) is 4.31 Å². The van der Waals surface area contributed by atoms with E-state index in [1.165, 1.54) is 26.2 Å². The van der Waals surface area contributed by atoms with E-state index in [1.807, 2.05) is 25.1 Å². The Morgan fingerprint density at radius 2 is 1.81 bits per heavy atom. The number of hydrogen-bond donors (Lipinski definition) is 1. The third kappa shape index (κ3) is 4.62. The lowest BCUT2D eigenvalue weighted by Gasteiger charge is -2.17. The van der Waals surface area contributed by atoms with Gasteiger partial charge in [-0.3, -0.25) is 4.79 Å². The van der Waals surface area contributed by atoms with E-state index in [0.717, 1.165) is 15.4 Å². The lowest BCUT2D eigenvalue weighted by Crippen LogP contribution is -2.30. The third-order valence-electron chi connectivity index (χ3n) is 3.92. The first-order chi connectivity index (χ1) is 12.1. The Bertz CT molecular complexity index is 908. The first-order valence-corrected chi connectivity index (χ1v) is 9.62. The number of nitrogens with one attached hydrogen (secondary N) is 1. The van der Waals surface area contributed by atoms with Gasteiger partial charge in [0.25, 0.3) is 5.91 Å². The molecule has 6 nitrogen and oxygen atoms in total. The number of aryl methyl sites for hydroxylation is 2. The third-order valence-corrected chi connectivity index (χ3v) is 5.73. The highest BCUT2D eigenvalue weighted by Crippen LogP contribution is 2.22. The molecule has 7 heteroatoms. The van der Waals surface area contributed by atoms with Crippen molar-refractivity contribution >= 4 is 21.6 Å². The number of hydrogen-bond acceptors (Lipinski definition) is 4.